The second-order valence-electron chi connectivity index (χ2n) is 4.12. The maximum absolute atomic E-state index is 13.7. The van der Waals surface area contributed by atoms with Crippen LogP contribution in [0.5, 0.6) is 5.75 Å². The van der Waals surface area contributed by atoms with E-state index in [9.17, 15) is 4.39 Å². The largest absolute Gasteiger partial charge is 0.488 e. The van der Waals surface area contributed by atoms with Gasteiger partial charge in [0.05, 0.1) is 11.6 Å². The lowest BCUT2D eigenvalue weighted by atomic mass is 10.1. The molecule has 0 saturated heterocycles. The molecule has 19 heavy (non-hydrogen) atoms. The summed E-state index contributed by atoms with van der Waals surface area (Å²) in [6.45, 7) is 1.99. The molecule has 0 saturated carbocycles. The van der Waals surface area contributed by atoms with Crippen LogP contribution in [0.3, 0.4) is 0 Å². The number of aryl methyl sites for hydroxylation is 1. The molecule has 0 unspecified atom stereocenters. The Hall–Kier alpha value is -2.05. The highest BCUT2D eigenvalue weighted by Crippen LogP contribution is 2.24. The molecule has 0 bridgehead atoms. The number of nitriles is 1. The summed E-state index contributed by atoms with van der Waals surface area (Å²) in [6.07, 6.45) is 0. The van der Waals surface area contributed by atoms with Gasteiger partial charge in [0.2, 0.25) is 0 Å². The minimum atomic E-state index is -0.446. The summed E-state index contributed by atoms with van der Waals surface area (Å²) < 4.78 is 19.2. The number of rotatable bonds is 3. The first-order valence-corrected chi connectivity index (χ1v) is 6.05. The normalized spacial score (nSPS) is 10.0. The van der Waals surface area contributed by atoms with Crippen LogP contribution < -0.4 is 4.74 Å². The molecule has 2 rings (SSSR count). The Bertz CT molecular complexity index is 649. The van der Waals surface area contributed by atoms with Crippen LogP contribution in [0.2, 0.25) is 5.02 Å². The minimum Gasteiger partial charge on any atom is -0.488 e. The highest BCUT2D eigenvalue weighted by atomic mass is 35.5. The second kappa shape index (κ2) is 5.73. The van der Waals surface area contributed by atoms with Gasteiger partial charge in [0.25, 0.3) is 0 Å². The van der Waals surface area contributed by atoms with E-state index >= 15 is 0 Å². The van der Waals surface area contributed by atoms with Gasteiger partial charge in [-0.15, -0.1) is 0 Å². The summed E-state index contributed by atoms with van der Waals surface area (Å²) in [5.41, 5.74) is 1.62. The van der Waals surface area contributed by atoms with Crippen LogP contribution in [0, 0.1) is 24.1 Å². The van der Waals surface area contributed by atoms with Crippen molar-refractivity contribution >= 4 is 11.6 Å². The third kappa shape index (κ3) is 3.24. The third-order valence-corrected chi connectivity index (χ3v) is 2.95. The molecule has 0 aliphatic heterocycles. The quantitative estimate of drug-likeness (QED) is 0.839. The lowest BCUT2D eigenvalue weighted by molar-refractivity contribution is 0.298. The van der Waals surface area contributed by atoms with Crippen molar-refractivity contribution in [3.05, 3.63) is 63.9 Å². The second-order valence-corrected chi connectivity index (χ2v) is 4.55. The molecule has 0 radical (unpaired) electrons. The van der Waals surface area contributed by atoms with Gasteiger partial charge >= 0.3 is 0 Å². The molecular formula is C15H11ClFNO. The summed E-state index contributed by atoms with van der Waals surface area (Å²) in [5, 5.41) is 9.24. The summed E-state index contributed by atoms with van der Waals surface area (Å²) in [6, 6.07) is 11.5. The van der Waals surface area contributed by atoms with E-state index in [1.54, 1.807) is 24.3 Å². The van der Waals surface area contributed by atoms with Crippen LogP contribution in [-0.4, -0.2) is 0 Å². The summed E-state index contributed by atoms with van der Waals surface area (Å²) in [5.74, 6) is 0.176. The van der Waals surface area contributed by atoms with Crippen molar-refractivity contribution in [1.82, 2.24) is 0 Å². The average Bonchev–Trinajstić information content (AvgIpc) is 2.40. The predicted molar refractivity (Wildman–Crippen MR) is 71.6 cm³/mol. The van der Waals surface area contributed by atoms with E-state index in [-0.39, 0.29) is 6.61 Å². The molecule has 2 nitrogen and oxygen atoms in total. The molecule has 0 N–H and O–H groups in total. The third-order valence-electron chi connectivity index (χ3n) is 2.72. The Labute approximate surface area is 116 Å². The van der Waals surface area contributed by atoms with E-state index in [2.05, 4.69) is 0 Å². The van der Waals surface area contributed by atoms with Crippen LogP contribution in [0.15, 0.2) is 36.4 Å². The standard InChI is InChI=1S/C15H11ClFNO/c1-10-2-5-13(16)7-15(10)19-9-12-4-3-11(8-18)6-14(12)17/h2-7H,9H2,1H3. The highest BCUT2D eigenvalue weighted by Gasteiger charge is 2.06. The van der Waals surface area contributed by atoms with Crippen LogP contribution in [0.1, 0.15) is 16.7 Å². The molecule has 0 aliphatic carbocycles. The Balaban J connectivity index is 2.15. The fourth-order valence-corrected chi connectivity index (χ4v) is 1.78. The van der Waals surface area contributed by atoms with E-state index in [4.69, 9.17) is 21.6 Å². The summed E-state index contributed by atoms with van der Waals surface area (Å²) in [7, 11) is 0. The fourth-order valence-electron chi connectivity index (χ4n) is 1.62. The lowest BCUT2D eigenvalue weighted by Gasteiger charge is -2.10. The number of ether oxygens (including phenoxy) is 1. The van der Waals surface area contributed by atoms with Crippen molar-refractivity contribution in [3.8, 4) is 11.8 Å². The molecule has 0 spiro atoms. The predicted octanol–water partition coefficient (Wildman–Crippen LogP) is 4.24. The molecule has 0 amide bonds. The molecule has 0 aromatic heterocycles. The smallest absolute Gasteiger partial charge is 0.131 e. The van der Waals surface area contributed by atoms with Gasteiger partial charge in [-0.1, -0.05) is 23.7 Å². The Morgan fingerprint density at radius 2 is 2.05 bits per heavy atom. The van der Waals surface area contributed by atoms with Gasteiger partial charge in [-0.05, 0) is 36.8 Å². The first kappa shape index (κ1) is 13.4. The molecule has 96 valence electrons. The van der Waals surface area contributed by atoms with E-state index in [1.165, 1.54) is 6.07 Å². The maximum atomic E-state index is 13.7. The number of hydrogen-bond acceptors (Lipinski definition) is 2. The minimum absolute atomic E-state index is 0.0960. The zero-order chi connectivity index (χ0) is 13.8. The molecule has 0 heterocycles. The maximum Gasteiger partial charge on any atom is 0.131 e. The molecule has 0 atom stereocenters. The van der Waals surface area contributed by atoms with Crippen molar-refractivity contribution in [2.75, 3.05) is 0 Å². The number of nitrogens with zero attached hydrogens (tertiary/aromatic N) is 1. The molecular weight excluding hydrogens is 265 g/mol. The Kier molecular flexibility index (Phi) is 4.03. The van der Waals surface area contributed by atoms with Crippen molar-refractivity contribution < 1.29 is 9.13 Å². The van der Waals surface area contributed by atoms with E-state index in [0.29, 0.717) is 21.9 Å². The van der Waals surface area contributed by atoms with Gasteiger partial charge in [0.1, 0.15) is 18.2 Å². The summed E-state index contributed by atoms with van der Waals surface area (Å²) in [4.78, 5) is 0. The number of benzene rings is 2. The lowest BCUT2D eigenvalue weighted by Crippen LogP contribution is -2.00. The van der Waals surface area contributed by atoms with Crippen molar-refractivity contribution in [2.24, 2.45) is 0 Å². The SMILES string of the molecule is Cc1ccc(Cl)cc1OCc1ccc(C#N)cc1F. The van der Waals surface area contributed by atoms with Gasteiger partial charge in [0.15, 0.2) is 0 Å². The Morgan fingerprint density at radius 3 is 2.74 bits per heavy atom. The van der Waals surface area contributed by atoms with E-state index in [0.717, 1.165) is 5.56 Å². The van der Waals surface area contributed by atoms with Gasteiger partial charge in [0, 0.05) is 10.6 Å². The zero-order valence-electron chi connectivity index (χ0n) is 10.3. The topological polar surface area (TPSA) is 33.0 Å². The molecule has 2 aromatic carbocycles. The van der Waals surface area contributed by atoms with E-state index < -0.39 is 5.82 Å². The summed E-state index contributed by atoms with van der Waals surface area (Å²) >= 11 is 5.88. The van der Waals surface area contributed by atoms with Crippen molar-refractivity contribution in [2.45, 2.75) is 13.5 Å². The van der Waals surface area contributed by atoms with Crippen LogP contribution in [-0.2, 0) is 6.61 Å². The number of hydrogen-bond donors (Lipinski definition) is 0. The monoisotopic (exact) mass is 275 g/mol. The zero-order valence-corrected chi connectivity index (χ0v) is 11.0. The highest BCUT2D eigenvalue weighted by molar-refractivity contribution is 6.30. The molecule has 4 heteroatoms. The van der Waals surface area contributed by atoms with Gasteiger partial charge in [-0.25, -0.2) is 4.39 Å². The van der Waals surface area contributed by atoms with Crippen molar-refractivity contribution in [1.29, 1.82) is 5.26 Å². The fraction of sp³-hybridized carbons (Fsp3) is 0.133. The Morgan fingerprint density at radius 1 is 1.26 bits per heavy atom. The molecule has 0 fully saturated rings. The van der Waals surface area contributed by atoms with Gasteiger partial charge in [-0.2, -0.15) is 5.26 Å². The van der Waals surface area contributed by atoms with Crippen LogP contribution in [0.25, 0.3) is 0 Å². The first-order valence-electron chi connectivity index (χ1n) is 5.67. The van der Waals surface area contributed by atoms with Gasteiger partial charge in [-0.3, -0.25) is 0 Å². The molecule has 0 aliphatic rings. The van der Waals surface area contributed by atoms with Crippen LogP contribution in [0.4, 0.5) is 4.39 Å². The van der Waals surface area contributed by atoms with Crippen LogP contribution >= 0.6 is 11.6 Å². The number of halogens is 2. The average molecular weight is 276 g/mol. The van der Waals surface area contributed by atoms with E-state index in [1.807, 2.05) is 19.1 Å². The van der Waals surface area contributed by atoms with Gasteiger partial charge < -0.3 is 4.74 Å². The molecule has 2 aromatic rings. The van der Waals surface area contributed by atoms with Crippen molar-refractivity contribution in [3.63, 3.8) is 0 Å². The first-order chi connectivity index (χ1) is 9.10.